The van der Waals surface area contributed by atoms with E-state index in [1.807, 2.05) is 4.90 Å². The number of hydrogen-bond acceptors (Lipinski definition) is 6. The van der Waals surface area contributed by atoms with E-state index in [-0.39, 0.29) is 10.8 Å². The van der Waals surface area contributed by atoms with E-state index in [0.29, 0.717) is 49.6 Å². The smallest absolute Gasteiger partial charge is 0.245 e. The molecule has 0 bridgehead atoms. The first kappa shape index (κ1) is 19.7. The highest BCUT2D eigenvalue weighted by molar-refractivity contribution is 7.89. The molecule has 152 valence electrons. The lowest BCUT2D eigenvalue weighted by Crippen LogP contribution is -2.50. The molecule has 1 saturated heterocycles. The van der Waals surface area contributed by atoms with Gasteiger partial charge in [0.2, 0.25) is 15.9 Å². The molecule has 1 amide bonds. The number of benzene rings is 1. The molecule has 7 nitrogen and oxygen atoms in total. The van der Waals surface area contributed by atoms with Crippen molar-refractivity contribution in [2.75, 3.05) is 26.2 Å². The van der Waals surface area contributed by atoms with Crippen LogP contribution in [0, 0.1) is 5.92 Å². The molecule has 0 unspecified atom stereocenters. The van der Waals surface area contributed by atoms with Gasteiger partial charge in [-0.2, -0.15) is 13.1 Å². The molecule has 1 aliphatic heterocycles. The Hall–Kier alpha value is -1.58. The van der Waals surface area contributed by atoms with E-state index in [1.54, 1.807) is 18.2 Å². The molecule has 2 aliphatic rings. The number of aromatic nitrogens is 2. The summed E-state index contributed by atoms with van der Waals surface area (Å²) in [7, 11) is -3.64. The van der Waals surface area contributed by atoms with E-state index in [4.69, 9.17) is 0 Å². The van der Waals surface area contributed by atoms with Gasteiger partial charge in [0.15, 0.2) is 0 Å². The Labute approximate surface area is 170 Å². The number of sulfonamides is 1. The number of amides is 1. The van der Waals surface area contributed by atoms with Crippen LogP contribution in [0.25, 0.3) is 11.0 Å². The summed E-state index contributed by atoms with van der Waals surface area (Å²) in [4.78, 5) is 14.6. The van der Waals surface area contributed by atoms with E-state index in [0.717, 1.165) is 18.1 Å². The van der Waals surface area contributed by atoms with Crippen LogP contribution in [0.5, 0.6) is 0 Å². The number of rotatable bonds is 5. The lowest BCUT2D eigenvalue weighted by Gasteiger charge is -2.34. The third-order valence-corrected chi connectivity index (χ3v) is 8.42. The van der Waals surface area contributed by atoms with Crippen molar-refractivity contribution in [1.29, 1.82) is 0 Å². The Morgan fingerprint density at radius 1 is 1.07 bits per heavy atom. The molecule has 0 N–H and O–H groups in total. The van der Waals surface area contributed by atoms with Crippen LogP contribution in [-0.4, -0.2) is 58.5 Å². The molecule has 1 aliphatic carbocycles. The van der Waals surface area contributed by atoms with Crippen LogP contribution in [-0.2, 0) is 14.8 Å². The van der Waals surface area contributed by atoms with Crippen LogP contribution in [0.15, 0.2) is 23.1 Å². The minimum Gasteiger partial charge on any atom is -0.340 e. The third kappa shape index (κ3) is 4.06. The fourth-order valence-corrected chi connectivity index (χ4v) is 6.44. The van der Waals surface area contributed by atoms with Crippen molar-refractivity contribution in [3.05, 3.63) is 18.2 Å². The topological polar surface area (TPSA) is 83.5 Å². The van der Waals surface area contributed by atoms with Gasteiger partial charge in [0.05, 0.1) is 11.7 Å². The highest BCUT2D eigenvalue weighted by atomic mass is 32.2. The van der Waals surface area contributed by atoms with E-state index < -0.39 is 10.0 Å². The second kappa shape index (κ2) is 8.42. The molecule has 0 spiro atoms. The van der Waals surface area contributed by atoms with Crippen molar-refractivity contribution < 1.29 is 13.2 Å². The molecule has 28 heavy (non-hydrogen) atoms. The first-order chi connectivity index (χ1) is 13.6. The lowest BCUT2D eigenvalue weighted by atomic mass is 9.86. The second-order valence-electron chi connectivity index (χ2n) is 7.72. The van der Waals surface area contributed by atoms with Gasteiger partial charge in [0.25, 0.3) is 0 Å². The summed E-state index contributed by atoms with van der Waals surface area (Å²) in [6.45, 7) is 1.55. The molecule has 0 radical (unpaired) electrons. The van der Waals surface area contributed by atoms with Crippen molar-refractivity contribution in [2.45, 2.75) is 49.8 Å². The van der Waals surface area contributed by atoms with Crippen LogP contribution < -0.4 is 0 Å². The van der Waals surface area contributed by atoms with Crippen LogP contribution in [0.1, 0.15) is 44.9 Å². The zero-order valence-corrected chi connectivity index (χ0v) is 17.6. The summed E-state index contributed by atoms with van der Waals surface area (Å²) < 4.78 is 35.9. The Kier molecular flexibility index (Phi) is 5.93. The molecular formula is C19H26N4O3S2. The number of fused-ring (bicyclic) bond motifs is 1. The molecule has 4 rings (SSSR count). The third-order valence-electron chi connectivity index (χ3n) is 5.95. The van der Waals surface area contributed by atoms with Gasteiger partial charge in [-0.1, -0.05) is 38.2 Å². The second-order valence-corrected chi connectivity index (χ2v) is 10.2. The number of hydrogen-bond donors (Lipinski definition) is 0. The average Bonchev–Trinajstić information content (AvgIpc) is 3.21. The molecule has 1 aromatic carbocycles. The first-order valence-electron chi connectivity index (χ1n) is 10.0. The zero-order chi connectivity index (χ0) is 19.6. The molecule has 0 atom stereocenters. The van der Waals surface area contributed by atoms with Gasteiger partial charge in [0.1, 0.15) is 15.9 Å². The Balaban J connectivity index is 1.35. The molecular weight excluding hydrogens is 396 g/mol. The number of piperazine rings is 1. The highest BCUT2D eigenvalue weighted by Crippen LogP contribution is 2.28. The summed E-state index contributed by atoms with van der Waals surface area (Å²) in [6.07, 6.45) is 7.95. The lowest BCUT2D eigenvalue weighted by molar-refractivity contribution is -0.132. The maximum Gasteiger partial charge on any atom is 0.245 e. The molecule has 2 aromatic rings. The van der Waals surface area contributed by atoms with Crippen LogP contribution in [0.4, 0.5) is 0 Å². The SMILES string of the molecule is O=C(CCC1CCCCC1)N1CCN(S(=O)(=O)c2cccc3nsnc23)CC1. The van der Waals surface area contributed by atoms with E-state index in [2.05, 4.69) is 8.75 Å². The largest absolute Gasteiger partial charge is 0.340 e. The number of carbonyl (C=O) groups excluding carboxylic acids is 1. The summed E-state index contributed by atoms with van der Waals surface area (Å²) in [5.74, 6) is 0.847. The van der Waals surface area contributed by atoms with Crippen molar-refractivity contribution in [2.24, 2.45) is 5.92 Å². The maximum atomic E-state index is 13.1. The maximum absolute atomic E-state index is 13.1. The molecule has 9 heteroatoms. The molecule has 1 aromatic heterocycles. The predicted octanol–water partition coefficient (Wildman–Crippen LogP) is 2.88. The van der Waals surface area contributed by atoms with Crippen molar-refractivity contribution in [3.63, 3.8) is 0 Å². The fraction of sp³-hybridized carbons (Fsp3) is 0.632. The standard InChI is InChI=1S/C19H26N4O3S2/c24-18(10-9-15-5-2-1-3-6-15)22-11-13-23(14-12-22)28(25,26)17-8-4-7-16-19(17)21-27-20-16/h4,7-8,15H,1-3,5-6,9-14H2. The van der Waals surface area contributed by atoms with E-state index in [9.17, 15) is 13.2 Å². The normalized spacial score (nSPS) is 19.9. The van der Waals surface area contributed by atoms with E-state index >= 15 is 0 Å². The first-order valence-corrected chi connectivity index (χ1v) is 12.2. The predicted molar refractivity (Wildman–Crippen MR) is 109 cm³/mol. The van der Waals surface area contributed by atoms with Crippen molar-refractivity contribution in [3.8, 4) is 0 Å². The quantitative estimate of drug-likeness (QED) is 0.740. The van der Waals surface area contributed by atoms with Gasteiger partial charge in [0, 0.05) is 32.6 Å². The summed E-state index contributed by atoms with van der Waals surface area (Å²) >= 11 is 1.02. The number of carbonyl (C=O) groups is 1. The van der Waals surface area contributed by atoms with Gasteiger partial charge in [-0.05, 0) is 24.5 Å². The summed E-state index contributed by atoms with van der Waals surface area (Å²) in [5.41, 5.74) is 1.03. The molecule has 2 heterocycles. The van der Waals surface area contributed by atoms with Crippen LogP contribution in [0.2, 0.25) is 0 Å². The van der Waals surface area contributed by atoms with Gasteiger partial charge in [-0.15, -0.1) is 0 Å². The van der Waals surface area contributed by atoms with Crippen LogP contribution >= 0.6 is 11.7 Å². The molecule has 2 fully saturated rings. The monoisotopic (exact) mass is 422 g/mol. The van der Waals surface area contributed by atoms with Crippen LogP contribution in [0.3, 0.4) is 0 Å². The molecule has 1 saturated carbocycles. The Bertz CT molecular complexity index is 930. The van der Waals surface area contributed by atoms with Gasteiger partial charge in [-0.3, -0.25) is 4.79 Å². The zero-order valence-electron chi connectivity index (χ0n) is 15.9. The summed E-state index contributed by atoms with van der Waals surface area (Å²) in [5, 5.41) is 0. The Morgan fingerprint density at radius 3 is 2.57 bits per heavy atom. The van der Waals surface area contributed by atoms with Gasteiger partial charge >= 0.3 is 0 Å². The Morgan fingerprint density at radius 2 is 1.82 bits per heavy atom. The van der Waals surface area contributed by atoms with E-state index in [1.165, 1.54) is 36.4 Å². The summed E-state index contributed by atoms with van der Waals surface area (Å²) in [6, 6.07) is 5.04. The van der Waals surface area contributed by atoms with Gasteiger partial charge in [-0.25, -0.2) is 8.42 Å². The minimum absolute atomic E-state index is 0.161. The number of nitrogens with zero attached hydrogens (tertiary/aromatic N) is 4. The van der Waals surface area contributed by atoms with Crippen molar-refractivity contribution in [1.82, 2.24) is 18.0 Å². The van der Waals surface area contributed by atoms with Crippen molar-refractivity contribution >= 4 is 38.7 Å². The minimum atomic E-state index is -3.64. The highest BCUT2D eigenvalue weighted by Gasteiger charge is 2.32. The van der Waals surface area contributed by atoms with Gasteiger partial charge < -0.3 is 4.90 Å². The average molecular weight is 423 g/mol. The fourth-order valence-electron chi connectivity index (χ4n) is 4.27.